The summed E-state index contributed by atoms with van der Waals surface area (Å²) >= 11 is 0. The number of benzene rings is 2. The molecule has 0 radical (unpaired) electrons. The molecule has 8 heteroatoms. The minimum Gasteiger partial charge on any atom is -0.489 e. The molecule has 8 nitrogen and oxygen atoms in total. The van der Waals surface area contributed by atoms with Crippen LogP contribution in [0.5, 0.6) is 5.75 Å². The number of hydrogen-bond donors (Lipinski definition) is 0. The second-order valence-electron chi connectivity index (χ2n) is 8.92. The van der Waals surface area contributed by atoms with E-state index in [1.165, 1.54) is 10.5 Å². The van der Waals surface area contributed by atoms with Gasteiger partial charge in [0, 0.05) is 45.3 Å². The average Bonchev–Trinajstić information content (AvgIpc) is 3.20. The van der Waals surface area contributed by atoms with Gasteiger partial charge in [0.1, 0.15) is 18.1 Å². The number of nitrogens with zero attached hydrogens (tertiary/aromatic N) is 4. The number of piperazine rings is 1. The lowest BCUT2D eigenvalue weighted by molar-refractivity contribution is -0.133. The van der Waals surface area contributed by atoms with Gasteiger partial charge < -0.3 is 19.1 Å². The zero-order valence-corrected chi connectivity index (χ0v) is 20.6. The Morgan fingerprint density at radius 2 is 1.69 bits per heavy atom. The molecule has 1 aliphatic heterocycles. The molecule has 1 aliphatic rings. The summed E-state index contributed by atoms with van der Waals surface area (Å²) in [5, 5.41) is 3.92. The fourth-order valence-electron chi connectivity index (χ4n) is 4.15. The highest BCUT2D eigenvalue weighted by Crippen LogP contribution is 2.18. The molecule has 35 heavy (non-hydrogen) atoms. The first-order valence-electron chi connectivity index (χ1n) is 11.8. The summed E-state index contributed by atoms with van der Waals surface area (Å²) in [7, 11) is 1.66. The van der Waals surface area contributed by atoms with Gasteiger partial charge in [0.05, 0.1) is 17.8 Å². The van der Waals surface area contributed by atoms with Crippen molar-refractivity contribution < 1.29 is 18.8 Å². The Labute approximate surface area is 206 Å². The van der Waals surface area contributed by atoms with Crippen molar-refractivity contribution in [2.75, 3.05) is 39.8 Å². The molecule has 2 heterocycles. The van der Waals surface area contributed by atoms with Gasteiger partial charge in [-0.2, -0.15) is 0 Å². The number of aryl methyl sites for hydroxylation is 2. The van der Waals surface area contributed by atoms with Crippen molar-refractivity contribution in [2.24, 2.45) is 0 Å². The number of aromatic nitrogens is 1. The van der Waals surface area contributed by atoms with E-state index < -0.39 is 0 Å². The molecule has 3 aromatic rings. The predicted molar refractivity (Wildman–Crippen MR) is 132 cm³/mol. The van der Waals surface area contributed by atoms with Crippen molar-refractivity contribution in [1.29, 1.82) is 0 Å². The van der Waals surface area contributed by atoms with Crippen molar-refractivity contribution in [1.82, 2.24) is 19.9 Å². The van der Waals surface area contributed by atoms with Crippen molar-refractivity contribution in [3.8, 4) is 5.75 Å². The summed E-state index contributed by atoms with van der Waals surface area (Å²) in [6, 6.07) is 17.3. The van der Waals surface area contributed by atoms with E-state index in [2.05, 4.69) is 22.2 Å². The molecule has 0 atom stereocenters. The molecule has 0 spiro atoms. The maximum atomic E-state index is 12.8. The third-order valence-corrected chi connectivity index (χ3v) is 6.36. The molecule has 0 saturated carbocycles. The Balaban J connectivity index is 1.23. The minimum atomic E-state index is -0.196. The summed E-state index contributed by atoms with van der Waals surface area (Å²) in [6.07, 6.45) is 0. The molecule has 0 unspecified atom stereocenters. The van der Waals surface area contributed by atoms with E-state index in [4.69, 9.17) is 9.26 Å². The van der Waals surface area contributed by atoms with E-state index in [1.807, 2.05) is 36.9 Å². The van der Waals surface area contributed by atoms with E-state index >= 15 is 0 Å². The van der Waals surface area contributed by atoms with Crippen molar-refractivity contribution >= 4 is 11.8 Å². The second-order valence-corrected chi connectivity index (χ2v) is 8.92. The molecular formula is C27H32N4O4. The fraction of sp³-hybridized carbons (Fsp3) is 0.370. The Hall–Kier alpha value is -3.65. The van der Waals surface area contributed by atoms with Crippen molar-refractivity contribution in [3.63, 3.8) is 0 Å². The normalized spacial score (nSPS) is 14.1. The highest BCUT2D eigenvalue weighted by Gasteiger charge is 2.23. The van der Waals surface area contributed by atoms with Crippen LogP contribution in [0.2, 0.25) is 0 Å². The predicted octanol–water partition coefficient (Wildman–Crippen LogP) is 3.29. The summed E-state index contributed by atoms with van der Waals surface area (Å²) in [5.41, 5.74) is 3.51. The van der Waals surface area contributed by atoms with Crippen LogP contribution in [0, 0.1) is 13.8 Å². The van der Waals surface area contributed by atoms with Crippen LogP contribution in [0.4, 0.5) is 0 Å². The molecular weight excluding hydrogens is 444 g/mol. The molecule has 1 aromatic heterocycles. The van der Waals surface area contributed by atoms with Gasteiger partial charge in [-0.3, -0.25) is 14.5 Å². The standard InChI is InChI=1S/C27H32N4O4/c1-20-25(21(2)35-28-20)19-34-24-11-9-23(10-12-24)27(33)29(3)18-26(32)31-15-13-30(14-16-31)17-22-7-5-4-6-8-22/h4-12H,13-19H2,1-3H3. The minimum absolute atomic E-state index is 0.0281. The first kappa shape index (κ1) is 24.5. The summed E-state index contributed by atoms with van der Waals surface area (Å²) in [6.45, 7) is 8.01. The smallest absolute Gasteiger partial charge is 0.254 e. The Morgan fingerprint density at radius 3 is 2.31 bits per heavy atom. The molecule has 0 N–H and O–H groups in total. The van der Waals surface area contributed by atoms with Gasteiger partial charge in [-0.15, -0.1) is 0 Å². The molecule has 2 aromatic carbocycles. The van der Waals surface area contributed by atoms with E-state index in [0.717, 1.165) is 36.7 Å². The summed E-state index contributed by atoms with van der Waals surface area (Å²) < 4.78 is 11.0. The van der Waals surface area contributed by atoms with Crippen LogP contribution < -0.4 is 4.74 Å². The van der Waals surface area contributed by atoms with E-state index in [0.29, 0.717) is 31.0 Å². The van der Waals surface area contributed by atoms with Crippen LogP contribution in [0.1, 0.15) is 32.9 Å². The van der Waals surface area contributed by atoms with Gasteiger partial charge in [-0.05, 0) is 43.7 Å². The van der Waals surface area contributed by atoms with Gasteiger partial charge in [0.25, 0.3) is 5.91 Å². The Morgan fingerprint density at radius 1 is 1.00 bits per heavy atom. The maximum absolute atomic E-state index is 12.8. The molecule has 4 rings (SSSR count). The second kappa shape index (κ2) is 11.2. The van der Waals surface area contributed by atoms with Crippen molar-refractivity contribution in [2.45, 2.75) is 27.0 Å². The zero-order valence-electron chi connectivity index (χ0n) is 20.6. The van der Waals surface area contributed by atoms with E-state index in [-0.39, 0.29) is 18.4 Å². The van der Waals surface area contributed by atoms with Gasteiger partial charge >= 0.3 is 0 Å². The van der Waals surface area contributed by atoms with Crippen LogP contribution in [0.3, 0.4) is 0 Å². The van der Waals surface area contributed by atoms with Crippen LogP contribution in [0.15, 0.2) is 59.1 Å². The average molecular weight is 477 g/mol. The quantitative estimate of drug-likeness (QED) is 0.497. The van der Waals surface area contributed by atoms with E-state index in [9.17, 15) is 9.59 Å². The molecule has 0 aliphatic carbocycles. The molecule has 1 fully saturated rings. The van der Waals surface area contributed by atoms with Gasteiger partial charge in [-0.25, -0.2) is 0 Å². The number of ether oxygens (including phenoxy) is 1. The van der Waals surface area contributed by atoms with E-state index in [1.54, 1.807) is 31.3 Å². The lowest BCUT2D eigenvalue weighted by Crippen LogP contribution is -2.51. The van der Waals surface area contributed by atoms with Gasteiger partial charge in [0.2, 0.25) is 5.91 Å². The number of hydrogen-bond acceptors (Lipinski definition) is 6. The third kappa shape index (κ3) is 6.27. The molecule has 2 amide bonds. The van der Waals surface area contributed by atoms with Crippen LogP contribution in [-0.2, 0) is 17.9 Å². The largest absolute Gasteiger partial charge is 0.489 e. The monoisotopic (exact) mass is 476 g/mol. The lowest BCUT2D eigenvalue weighted by Gasteiger charge is -2.35. The Kier molecular flexibility index (Phi) is 7.82. The summed E-state index contributed by atoms with van der Waals surface area (Å²) in [4.78, 5) is 31.3. The van der Waals surface area contributed by atoms with Crippen molar-refractivity contribution in [3.05, 3.63) is 82.7 Å². The molecule has 1 saturated heterocycles. The van der Waals surface area contributed by atoms with Crippen LogP contribution in [-0.4, -0.2) is 71.4 Å². The Bertz CT molecular complexity index is 1120. The van der Waals surface area contributed by atoms with Gasteiger partial charge in [-0.1, -0.05) is 35.5 Å². The topological polar surface area (TPSA) is 79.1 Å². The SMILES string of the molecule is Cc1noc(C)c1COc1ccc(C(=O)N(C)CC(=O)N2CCN(Cc3ccccc3)CC2)cc1. The molecule has 0 bridgehead atoms. The zero-order chi connectivity index (χ0) is 24.8. The molecule has 184 valence electrons. The fourth-order valence-corrected chi connectivity index (χ4v) is 4.15. The number of rotatable bonds is 8. The number of amides is 2. The lowest BCUT2D eigenvalue weighted by atomic mass is 10.2. The number of likely N-dealkylation sites (N-methyl/N-ethyl adjacent to an activating group) is 1. The maximum Gasteiger partial charge on any atom is 0.254 e. The number of carbonyl (C=O) groups is 2. The highest BCUT2D eigenvalue weighted by molar-refractivity contribution is 5.96. The van der Waals surface area contributed by atoms with Crippen LogP contribution >= 0.6 is 0 Å². The van der Waals surface area contributed by atoms with Gasteiger partial charge in [0.15, 0.2) is 0 Å². The van der Waals surface area contributed by atoms with Crippen LogP contribution in [0.25, 0.3) is 0 Å². The first-order valence-corrected chi connectivity index (χ1v) is 11.8. The first-order chi connectivity index (χ1) is 16.9. The third-order valence-electron chi connectivity index (χ3n) is 6.36. The summed E-state index contributed by atoms with van der Waals surface area (Å²) in [5.74, 6) is 1.16. The number of carbonyl (C=O) groups excluding carboxylic acids is 2. The highest BCUT2D eigenvalue weighted by atomic mass is 16.5.